The molecule has 0 aliphatic carbocycles. The SMILES string of the molecule is CN(c1ccccc1)c1ccc(C(=O)Nc2ccc(F)c(Cl)c2)nc1. The number of anilines is 3. The van der Waals surface area contributed by atoms with E-state index in [1.165, 1.54) is 18.2 Å². The normalized spacial score (nSPS) is 10.4. The van der Waals surface area contributed by atoms with Crippen LogP contribution in [0, 0.1) is 5.82 Å². The third-order valence-corrected chi connectivity index (χ3v) is 3.98. The summed E-state index contributed by atoms with van der Waals surface area (Å²) < 4.78 is 13.2. The van der Waals surface area contributed by atoms with Crippen LogP contribution in [0.25, 0.3) is 0 Å². The molecule has 0 bridgehead atoms. The number of hydrogen-bond donors (Lipinski definition) is 1. The van der Waals surface area contributed by atoms with Gasteiger partial charge in [0, 0.05) is 18.4 Å². The van der Waals surface area contributed by atoms with Crippen molar-refractivity contribution in [2.24, 2.45) is 0 Å². The van der Waals surface area contributed by atoms with Crippen LogP contribution in [0.4, 0.5) is 21.5 Å². The van der Waals surface area contributed by atoms with Gasteiger partial charge >= 0.3 is 0 Å². The molecule has 0 atom stereocenters. The van der Waals surface area contributed by atoms with Gasteiger partial charge in [-0.15, -0.1) is 0 Å². The first-order valence-electron chi connectivity index (χ1n) is 7.56. The number of halogens is 2. The Labute approximate surface area is 149 Å². The molecule has 3 aromatic rings. The summed E-state index contributed by atoms with van der Waals surface area (Å²) in [6, 6.07) is 17.3. The summed E-state index contributed by atoms with van der Waals surface area (Å²) in [6.07, 6.45) is 1.62. The maximum atomic E-state index is 13.2. The minimum atomic E-state index is -0.536. The second kappa shape index (κ2) is 7.32. The van der Waals surface area contributed by atoms with Crippen LogP contribution >= 0.6 is 11.6 Å². The van der Waals surface area contributed by atoms with Crippen LogP contribution in [0.1, 0.15) is 10.5 Å². The molecule has 3 rings (SSSR count). The van der Waals surface area contributed by atoms with Gasteiger partial charge in [0.1, 0.15) is 11.5 Å². The molecule has 0 unspecified atom stereocenters. The lowest BCUT2D eigenvalue weighted by molar-refractivity contribution is 0.102. The maximum Gasteiger partial charge on any atom is 0.274 e. The van der Waals surface area contributed by atoms with Gasteiger partial charge in [0.05, 0.1) is 16.9 Å². The molecule has 2 aromatic carbocycles. The summed E-state index contributed by atoms with van der Waals surface area (Å²) >= 11 is 5.71. The van der Waals surface area contributed by atoms with Gasteiger partial charge in [-0.2, -0.15) is 0 Å². The Balaban J connectivity index is 1.73. The van der Waals surface area contributed by atoms with Crippen LogP contribution in [0.3, 0.4) is 0 Å². The zero-order valence-corrected chi connectivity index (χ0v) is 14.2. The highest BCUT2D eigenvalue weighted by Gasteiger charge is 2.10. The Morgan fingerprint density at radius 1 is 1.08 bits per heavy atom. The molecule has 0 spiro atoms. The third kappa shape index (κ3) is 3.95. The number of benzene rings is 2. The highest BCUT2D eigenvalue weighted by molar-refractivity contribution is 6.31. The van der Waals surface area contributed by atoms with E-state index < -0.39 is 11.7 Å². The minimum absolute atomic E-state index is 0.0504. The van der Waals surface area contributed by atoms with Crippen molar-refractivity contribution >= 4 is 34.6 Å². The van der Waals surface area contributed by atoms with Crippen molar-refractivity contribution < 1.29 is 9.18 Å². The van der Waals surface area contributed by atoms with Gasteiger partial charge in [-0.05, 0) is 42.5 Å². The molecule has 4 nitrogen and oxygen atoms in total. The molecule has 0 aliphatic heterocycles. The smallest absolute Gasteiger partial charge is 0.274 e. The van der Waals surface area contributed by atoms with Crippen LogP contribution in [0.2, 0.25) is 5.02 Å². The molecule has 25 heavy (non-hydrogen) atoms. The second-order valence-corrected chi connectivity index (χ2v) is 5.79. The number of carbonyl (C=O) groups excluding carboxylic acids is 1. The van der Waals surface area contributed by atoms with E-state index >= 15 is 0 Å². The van der Waals surface area contributed by atoms with Crippen molar-refractivity contribution in [3.63, 3.8) is 0 Å². The molecule has 0 radical (unpaired) electrons. The monoisotopic (exact) mass is 355 g/mol. The van der Waals surface area contributed by atoms with E-state index in [4.69, 9.17) is 11.6 Å². The maximum absolute atomic E-state index is 13.2. The molecule has 0 saturated carbocycles. The average Bonchev–Trinajstić information content (AvgIpc) is 2.65. The van der Waals surface area contributed by atoms with E-state index in [0.29, 0.717) is 5.69 Å². The van der Waals surface area contributed by atoms with Crippen molar-refractivity contribution in [1.29, 1.82) is 0 Å². The van der Waals surface area contributed by atoms with Crippen LogP contribution in [0.5, 0.6) is 0 Å². The number of pyridine rings is 1. The third-order valence-electron chi connectivity index (χ3n) is 3.69. The van der Waals surface area contributed by atoms with Crippen molar-refractivity contribution in [2.75, 3.05) is 17.3 Å². The molecule has 6 heteroatoms. The van der Waals surface area contributed by atoms with Crippen LogP contribution in [-0.4, -0.2) is 17.9 Å². The quantitative estimate of drug-likeness (QED) is 0.724. The highest BCUT2D eigenvalue weighted by Crippen LogP contribution is 2.23. The molecule has 1 aromatic heterocycles. The first kappa shape index (κ1) is 16.9. The lowest BCUT2D eigenvalue weighted by atomic mass is 10.2. The number of amides is 1. The van der Waals surface area contributed by atoms with Gasteiger partial charge in [0.25, 0.3) is 5.91 Å². The molecular formula is C19H15ClFN3O. The number of nitrogens with zero attached hydrogens (tertiary/aromatic N) is 2. The number of para-hydroxylation sites is 1. The standard InChI is InChI=1S/C19H15ClFN3O/c1-24(14-5-3-2-4-6-14)15-8-10-18(22-12-15)19(25)23-13-7-9-17(21)16(20)11-13/h2-12H,1H3,(H,23,25). The number of aromatic nitrogens is 1. The first-order valence-corrected chi connectivity index (χ1v) is 7.93. The minimum Gasteiger partial charge on any atom is -0.343 e. The molecule has 0 saturated heterocycles. The van der Waals surface area contributed by atoms with E-state index in [9.17, 15) is 9.18 Å². The summed E-state index contributed by atoms with van der Waals surface area (Å²) in [5.41, 5.74) is 2.53. The van der Waals surface area contributed by atoms with Crippen LogP contribution < -0.4 is 10.2 Å². The van der Waals surface area contributed by atoms with Gasteiger partial charge in [-0.1, -0.05) is 29.8 Å². The lowest BCUT2D eigenvalue weighted by Gasteiger charge is -2.19. The molecular weight excluding hydrogens is 341 g/mol. The Morgan fingerprint density at radius 3 is 2.48 bits per heavy atom. The van der Waals surface area contributed by atoms with Gasteiger partial charge in [-0.3, -0.25) is 4.79 Å². The Kier molecular flexibility index (Phi) is 4.95. The average molecular weight is 356 g/mol. The Morgan fingerprint density at radius 2 is 1.84 bits per heavy atom. The fraction of sp³-hybridized carbons (Fsp3) is 0.0526. The van der Waals surface area contributed by atoms with E-state index in [-0.39, 0.29) is 10.7 Å². The van der Waals surface area contributed by atoms with E-state index in [2.05, 4.69) is 10.3 Å². The number of nitrogens with one attached hydrogen (secondary N) is 1. The van der Waals surface area contributed by atoms with Gasteiger partial charge < -0.3 is 10.2 Å². The fourth-order valence-electron chi connectivity index (χ4n) is 2.29. The van der Waals surface area contributed by atoms with Crippen molar-refractivity contribution in [2.45, 2.75) is 0 Å². The summed E-state index contributed by atoms with van der Waals surface area (Å²) in [5, 5.41) is 2.59. The second-order valence-electron chi connectivity index (χ2n) is 5.38. The predicted molar refractivity (Wildman–Crippen MR) is 98.1 cm³/mol. The van der Waals surface area contributed by atoms with E-state index in [0.717, 1.165) is 11.4 Å². The van der Waals surface area contributed by atoms with Gasteiger partial charge in [0.15, 0.2) is 0 Å². The molecule has 0 aliphatic rings. The largest absolute Gasteiger partial charge is 0.343 e. The Hall–Kier alpha value is -2.92. The zero-order chi connectivity index (χ0) is 17.8. The van der Waals surface area contributed by atoms with Gasteiger partial charge in [0.2, 0.25) is 0 Å². The molecule has 1 amide bonds. The molecule has 1 heterocycles. The summed E-state index contributed by atoms with van der Waals surface area (Å²) in [6.45, 7) is 0. The molecule has 126 valence electrons. The zero-order valence-electron chi connectivity index (χ0n) is 13.4. The molecule has 0 fully saturated rings. The number of hydrogen-bond acceptors (Lipinski definition) is 3. The number of carbonyl (C=O) groups is 1. The van der Waals surface area contributed by atoms with Gasteiger partial charge in [-0.25, -0.2) is 9.37 Å². The van der Waals surface area contributed by atoms with Crippen molar-refractivity contribution in [3.8, 4) is 0 Å². The van der Waals surface area contributed by atoms with E-state index in [1.54, 1.807) is 12.3 Å². The van der Waals surface area contributed by atoms with Crippen molar-refractivity contribution in [1.82, 2.24) is 4.98 Å². The highest BCUT2D eigenvalue weighted by atomic mass is 35.5. The van der Waals surface area contributed by atoms with Crippen LogP contribution in [0.15, 0.2) is 66.9 Å². The van der Waals surface area contributed by atoms with Crippen molar-refractivity contribution in [3.05, 3.63) is 83.4 Å². The lowest BCUT2D eigenvalue weighted by Crippen LogP contribution is -2.15. The predicted octanol–water partition coefficient (Wildman–Crippen LogP) is 4.89. The van der Waals surface area contributed by atoms with Crippen LogP contribution in [-0.2, 0) is 0 Å². The summed E-state index contributed by atoms with van der Waals surface area (Å²) in [5.74, 6) is -0.928. The molecule has 1 N–H and O–H groups in total. The van der Waals surface area contributed by atoms with E-state index in [1.807, 2.05) is 48.3 Å². The topological polar surface area (TPSA) is 45.2 Å². The number of rotatable bonds is 4. The fourth-order valence-corrected chi connectivity index (χ4v) is 2.47. The summed E-state index contributed by atoms with van der Waals surface area (Å²) in [4.78, 5) is 18.4. The first-order chi connectivity index (χ1) is 12.0. The Bertz CT molecular complexity index is 885. The summed E-state index contributed by atoms with van der Waals surface area (Å²) in [7, 11) is 1.92.